The second-order valence-corrected chi connectivity index (χ2v) is 6.90. The first-order valence-corrected chi connectivity index (χ1v) is 7.61. The monoisotopic (exact) mass is 285 g/mol. The Labute approximate surface area is 113 Å². The highest BCUT2D eigenvalue weighted by molar-refractivity contribution is 7.88. The zero-order valence-corrected chi connectivity index (χ0v) is 12.6. The van der Waals surface area contributed by atoms with E-state index in [9.17, 15) is 8.42 Å². The van der Waals surface area contributed by atoms with Gasteiger partial charge in [-0.2, -0.15) is 10.4 Å². The summed E-state index contributed by atoms with van der Waals surface area (Å²) in [5.41, 5.74) is 0.442. The first-order chi connectivity index (χ1) is 8.56. The number of nitrogens with one attached hydrogen (secondary N) is 2. The van der Waals surface area contributed by atoms with Crippen LogP contribution < -0.4 is 10.0 Å². The van der Waals surface area contributed by atoms with E-state index in [1.807, 2.05) is 0 Å². The van der Waals surface area contributed by atoms with Crippen molar-refractivity contribution in [3.63, 3.8) is 0 Å². The largest absolute Gasteiger partial charge is 0.367 e. The number of anilines is 1. The fourth-order valence-electron chi connectivity index (χ4n) is 1.84. The van der Waals surface area contributed by atoms with Crippen molar-refractivity contribution in [1.29, 1.82) is 5.26 Å². The summed E-state index contributed by atoms with van der Waals surface area (Å²) >= 11 is 0. The molecule has 1 aromatic rings. The Morgan fingerprint density at radius 2 is 2.05 bits per heavy atom. The lowest BCUT2D eigenvalue weighted by Crippen LogP contribution is -2.48. The van der Waals surface area contributed by atoms with Crippen molar-refractivity contribution >= 4 is 15.8 Å². The van der Waals surface area contributed by atoms with Gasteiger partial charge in [0.2, 0.25) is 10.0 Å². The summed E-state index contributed by atoms with van der Waals surface area (Å²) in [7, 11) is -1.55. The molecular formula is C11H19N5O2S. The molecular weight excluding hydrogens is 266 g/mol. The maximum absolute atomic E-state index is 11.2. The smallest absolute Gasteiger partial charge is 0.209 e. The molecule has 8 heteroatoms. The van der Waals surface area contributed by atoms with Crippen LogP contribution in [-0.4, -0.2) is 36.5 Å². The Kier molecular flexibility index (Phi) is 4.22. The molecule has 0 aromatic carbocycles. The molecule has 1 aromatic heterocycles. The van der Waals surface area contributed by atoms with E-state index in [4.69, 9.17) is 5.26 Å². The van der Waals surface area contributed by atoms with Crippen molar-refractivity contribution in [3.05, 3.63) is 11.3 Å². The van der Waals surface area contributed by atoms with E-state index in [2.05, 4.69) is 21.2 Å². The topological polar surface area (TPSA) is 99.8 Å². The number of hydrogen-bond acceptors (Lipinski definition) is 5. The Morgan fingerprint density at radius 1 is 1.47 bits per heavy atom. The number of rotatable bonds is 5. The van der Waals surface area contributed by atoms with E-state index in [-0.39, 0.29) is 0 Å². The van der Waals surface area contributed by atoms with Crippen molar-refractivity contribution in [1.82, 2.24) is 14.5 Å². The highest BCUT2D eigenvalue weighted by atomic mass is 32.2. The maximum Gasteiger partial charge on any atom is 0.209 e. The van der Waals surface area contributed by atoms with Gasteiger partial charge in [-0.05, 0) is 20.8 Å². The molecule has 19 heavy (non-hydrogen) atoms. The van der Waals surface area contributed by atoms with Gasteiger partial charge in [0.15, 0.2) is 0 Å². The molecule has 0 radical (unpaired) electrons. The molecule has 0 atom stereocenters. The van der Waals surface area contributed by atoms with Crippen LogP contribution in [0.3, 0.4) is 0 Å². The van der Waals surface area contributed by atoms with Crippen LogP contribution in [0.1, 0.15) is 25.1 Å². The summed E-state index contributed by atoms with van der Waals surface area (Å²) in [6, 6.07) is 2.08. The number of aromatic nitrogens is 2. The zero-order valence-electron chi connectivity index (χ0n) is 11.8. The summed E-state index contributed by atoms with van der Waals surface area (Å²) in [5, 5.41) is 16.3. The van der Waals surface area contributed by atoms with Crippen molar-refractivity contribution in [3.8, 4) is 6.07 Å². The zero-order chi connectivity index (χ0) is 14.8. The minimum absolute atomic E-state index is 0.341. The van der Waals surface area contributed by atoms with Gasteiger partial charge in [0.1, 0.15) is 17.5 Å². The van der Waals surface area contributed by atoms with Crippen LogP contribution in [0.5, 0.6) is 0 Å². The van der Waals surface area contributed by atoms with Gasteiger partial charge in [0.05, 0.1) is 11.9 Å². The lowest BCUT2D eigenvalue weighted by molar-refractivity contribution is 0.475. The van der Waals surface area contributed by atoms with Gasteiger partial charge >= 0.3 is 0 Å². The van der Waals surface area contributed by atoms with Gasteiger partial charge in [-0.15, -0.1) is 0 Å². The van der Waals surface area contributed by atoms with E-state index < -0.39 is 15.6 Å². The second kappa shape index (κ2) is 5.19. The third-order valence-electron chi connectivity index (χ3n) is 2.49. The highest BCUT2D eigenvalue weighted by Gasteiger charge is 2.23. The number of nitriles is 1. The highest BCUT2D eigenvalue weighted by Crippen LogP contribution is 2.18. The van der Waals surface area contributed by atoms with Crippen LogP contribution in [0.4, 0.5) is 5.82 Å². The van der Waals surface area contributed by atoms with Crippen LogP contribution in [0.25, 0.3) is 0 Å². The normalized spacial score (nSPS) is 12.2. The molecule has 0 saturated carbocycles. The molecule has 1 rings (SSSR count). The summed E-state index contributed by atoms with van der Waals surface area (Å²) in [5.74, 6) is 0.586. The molecule has 0 amide bonds. The molecule has 0 aliphatic heterocycles. The summed E-state index contributed by atoms with van der Waals surface area (Å²) < 4.78 is 26.6. The molecule has 0 spiro atoms. The lowest BCUT2D eigenvalue weighted by Gasteiger charge is -2.25. The van der Waals surface area contributed by atoms with Crippen molar-refractivity contribution in [2.75, 3.05) is 18.1 Å². The number of sulfonamides is 1. The van der Waals surface area contributed by atoms with Gasteiger partial charge in [-0.3, -0.25) is 4.68 Å². The van der Waals surface area contributed by atoms with Gasteiger partial charge in [-0.25, -0.2) is 13.1 Å². The molecule has 0 fully saturated rings. The minimum Gasteiger partial charge on any atom is -0.367 e. The van der Waals surface area contributed by atoms with Gasteiger partial charge in [-0.1, -0.05) is 0 Å². The number of hydrogen-bond donors (Lipinski definition) is 2. The summed E-state index contributed by atoms with van der Waals surface area (Å²) in [6.45, 7) is 5.62. The Hall–Kier alpha value is -1.59. The predicted octanol–water partition coefficient (Wildman–Crippen LogP) is 0.340. The Balaban J connectivity index is 2.86. The Morgan fingerprint density at radius 3 is 2.53 bits per heavy atom. The van der Waals surface area contributed by atoms with E-state index >= 15 is 0 Å². The molecule has 0 aliphatic rings. The van der Waals surface area contributed by atoms with Gasteiger partial charge in [0, 0.05) is 19.1 Å². The summed E-state index contributed by atoms with van der Waals surface area (Å²) in [4.78, 5) is 0. The van der Waals surface area contributed by atoms with Gasteiger partial charge in [0.25, 0.3) is 0 Å². The van der Waals surface area contributed by atoms with E-state index in [0.717, 1.165) is 6.26 Å². The molecule has 0 bridgehead atoms. The lowest BCUT2D eigenvalue weighted by atomic mass is 10.1. The average molecular weight is 285 g/mol. The first-order valence-electron chi connectivity index (χ1n) is 5.72. The molecule has 0 aliphatic carbocycles. The quantitative estimate of drug-likeness (QED) is 0.812. The number of nitrogens with zero attached hydrogens (tertiary/aromatic N) is 3. The first kappa shape index (κ1) is 15.5. The molecule has 0 saturated heterocycles. The minimum atomic E-state index is -3.28. The Bertz CT molecular complexity index is 610. The van der Waals surface area contributed by atoms with Crippen LogP contribution in [0.2, 0.25) is 0 Å². The van der Waals surface area contributed by atoms with E-state index in [1.54, 1.807) is 32.5 Å². The van der Waals surface area contributed by atoms with Crippen LogP contribution in [-0.2, 0) is 17.1 Å². The second-order valence-electron chi connectivity index (χ2n) is 5.16. The van der Waals surface area contributed by atoms with Crippen LogP contribution >= 0.6 is 0 Å². The van der Waals surface area contributed by atoms with Crippen molar-refractivity contribution in [2.24, 2.45) is 7.05 Å². The molecule has 0 unspecified atom stereocenters. The van der Waals surface area contributed by atoms with Crippen LogP contribution in [0, 0.1) is 18.3 Å². The average Bonchev–Trinajstić information content (AvgIpc) is 2.46. The van der Waals surface area contributed by atoms with E-state index in [1.165, 1.54) is 0 Å². The van der Waals surface area contributed by atoms with Gasteiger partial charge < -0.3 is 5.32 Å². The van der Waals surface area contributed by atoms with Crippen LogP contribution in [0.15, 0.2) is 0 Å². The number of aryl methyl sites for hydroxylation is 2. The molecule has 7 nitrogen and oxygen atoms in total. The SMILES string of the molecule is Cc1nn(C)c(NCC(C)(C)NS(C)(=O)=O)c1C#N. The standard InChI is InChI=1S/C11H19N5O2S/c1-8-9(6-12)10(16(4)14-8)13-7-11(2,3)15-19(5,17)18/h13,15H,7H2,1-5H3. The molecule has 1 heterocycles. The fraction of sp³-hybridized carbons (Fsp3) is 0.636. The third kappa shape index (κ3) is 4.22. The molecule has 106 valence electrons. The van der Waals surface area contributed by atoms with Crippen molar-refractivity contribution in [2.45, 2.75) is 26.3 Å². The third-order valence-corrected chi connectivity index (χ3v) is 3.42. The maximum atomic E-state index is 11.2. The fourth-order valence-corrected chi connectivity index (χ4v) is 2.91. The predicted molar refractivity (Wildman–Crippen MR) is 73.2 cm³/mol. The summed E-state index contributed by atoms with van der Waals surface area (Å²) in [6.07, 6.45) is 1.11. The van der Waals surface area contributed by atoms with E-state index in [0.29, 0.717) is 23.6 Å². The molecule has 2 N–H and O–H groups in total. The van der Waals surface area contributed by atoms with Crippen molar-refractivity contribution < 1.29 is 8.42 Å².